The zero-order chi connectivity index (χ0) is 14.8. The van der Waals surface area contributed by atoms with Gasteiger partial charge in [-0.25, -0.2) is 0 Å². The fraction of sp³-hybridized carbons (Fsp3) is 0.200. The molecule has 2 rings (SSSR count). The first-order valence-corrected chi connectivity index (χ1v) is 6.66. The molecule has 0 atom stereocenters. The number of halogens is 4. The molecule has 0 amide bonds. The van der Waals surface area contributed by atoms with E-state index in [4.69, 9.17) is 10.5 Å². The van der Waals surface area contributed by atoms with Crippen molar-refractivity contribution in [2.24, 2.45) is 0 Å². The summed E-state index contributed by atoms with van der Waals surface area (Å²) in [5.74, 6) is -0.00140. The molecule has 0 aliphatic carbocycles. The van der Waals surface area contributed by atoms with Crippen LogP contribution in [0.5, 0.6) is 11.5 Å². The summed E-state index contributed by atoms with van der Waals surface area (Å²) < 4.78 is 49.2. The highest BCUT2D eigenvalue weighted by molar-refractivity contribution is 9.10. The van der Waals surface area contributed by atoms with Crippen molar-refractivity contribution in [2.75, 3.05) is 5.73 Å². The summed E-state index contributed by atoms with van der Waals surface area (Å²) in [6.07, 6.45) is -4.74. The number of alkyl halides is 3. The van der Waals surface area contributed by atoms with Crippen molar-refractivity contribution in [3.05, 3.63) is 28.4 Å². The van der Waals surface area contributed by atoms with E-state index >= 15 is 0 Å². The monoisotopic (exact) mass is 369 g/mol. The number of ether oxygens (including phenoxy) is 2. The third-order valence-corrected chi connectivity index (χ3v) is 3.31. The second-order valence-corrected chi connectivity index (χ2v) is 5.15. The number of nitrogens with two attached hydrogens (primary N) is 1. The lowest BCUT2D eigenvalue weighted by molar-refractivity contribution is -0.274. The molecule has 20 heavy (non-hydrogen) atoms. The Hall–Kier alpha value is -1.55. The van der Waals surface area contributed by atoms with Crippen LogP contribution < -0.4 is 15.2 Å². The molecule has 0 saturated heterocycles. The summed E-state index contributed by atoms with van der Waals surface area (Å²) in [5, 5.41) is 4.18. The number of anilines is 1. The molecule has 0 radical (unpaired) electrons. The van der Waals surface area contributed by atoms with Crippen LogP contribution in [-0.2, 0) is 6.61 Å². The lowest BCUT2D eigenvalue weighted by Gasteiger charge is -2.11. The van der Waals surface area contributed by atoms with Gasteiger partial charge in [-0.2, -0.15) is 0 Å². The van der Waals surface area contributed by atoms with Crippen LogP contribution in [0, 0.1) is 0 Å². The average Bonchev–Trinajstić information content (AvgIpc) is 2.74. The summed E-state index contributed by atoms with van der Waals surface area (Å²) in [4.78, 5) is 0. The summed E-state index contributed by atoms with van der Waals surface area (Å²) in [6.45, 7) is 0.0776. The number of benzene rings is 1. The van der Waals surface area contributed by atoms with Gasteiger partial charge in [0.15, 0.2) is 0 Å². The van der Waals surface area contributed by atoms with E-state index < -0.39 is 6.36 Å². The van der Waals surface area contributed by atoms with E-state index in [9.17, 15) is 13.2 Å². The quantitative estimate of drug-likeness (QED) is 0.894. The second kappa shape index (κ2) is 5.83. The minimum atomic E-state index is -4.74. The number of nitrogen functional groups attached to an aromatic ring is 1. The van der Waals surface area contributed by atoms with Gasteiger partial charge in [-0.3, -0.25) is 0 Å². The number of rotatable bonds is 4. The first-order valence-electron chi connectivity index (χ1n) is 5.10. The molecule has 0 unspecified atom stereocenters. The topological polar surface area (TPSA) is 70.3 Å². The van der Waals surface area contributed by atoms with E-state index in [1.807, 2.05) is 0 Å². The van der Waals surface area contributed by atoms with Crippen LogP contribution >= 0.6 is 27.5 Å². The van der Waals surface area contributed by atoms with E-state index in [-0.39, 0.29) is 16.8 Å². The van der Waals surface area contributed by atoms with Crippen molar-refractivity contribution in [1.29, 1.82) is 0 Å². The van der Waals surface area contributed by atoms with Crippen LogP contribution in [0.15, 0.2) is 22.7 Å². The van der Waals surface area contributed by atoms with Crippen molar-refractivity contribution in [1.82, 2.24) is 9.59 Å². The Morgan fingerprint density at radius 2 is 2.10 bits per heavy atom. The first kappa shape index (κ1) is 14.9. The molecule has 2 N–H and O–H groups in total. The molecule has 0 spiro atoms. The molecule has 1 aromatic heterocycles. The average molecular weight is 370 g/mol. The van der Waals surface area contributed by atoms with Gasteiger partial charge in [0.2, 0.25) is 0 Å². The summed E-state index contributed by atoms with van der Waals surface area (Å²) in [6, 6.07) is 3.86. The van der Waals surface area contributed by atoms with Crippen LogP contribution in [0.4, 0.5) is 18.2 Å². The lowest BCUT2D eigenvalue weighted by Crippen LogP contribution is -2.17. The van der Waals surface area contributed by atoms with Gasteiger partial charge in [-0.05, 0) is 34.1 Å². The van der Waals surface area contributed by atoms with E-state index in [1.165, 1.54) is 12.1 Å². The van der Waals surface area contributed by atoms with Crippen LogP contribution in [0.3, 0.4) is 0 Å². The zero-order valence-corrected chi connectivity index (χ0v) is 12.1. The van der Waals surface area contributed by atoms with Gasteiger partial charge in [0, 0.05) is 11.5 Å². The standard InChI is InChI=1S/C10H7BrF3N3O2S/c11-6-3-5(1-2-8(6)19-10(12,13)14)18-4-7-9(15)20-17-16-7/h1-3H,4,15H2. The maximum absolute atomic E-state index is 12.1. The molecule has 1 aromatic carbocycles. The van der Waals surface area contributed by atoms with Crippen LogP contribution in [0.1, 0.15) is 5.69 Å². The van der Waals surface area contributed by atoms with Gasteiger partial charge in [-0.15, -0.1) is 18.3 Å². The molecule has 10 heteroatoms. The predicted octanol–water partition coefficient (Wildman–Crippen LogP) is 3.36. The highest BCUT2D eigenvalue weighted by Crippen LogP contribution is 2.33. The van der Waals surface area contributed by atoms with E-state index in [2.05, 4.69) is 30.3 Å². The normalized spacial score (nSPS) is 11.4. The number of hydrogen-bond acceptors (Lipinski definition) is 6. The van der Waals surface area contributed by atoms with Gasteiger partial charge >= 0.3 is 6.36 Å². The Labute approximate surface area is 123 Å². The van der Waals surface area contributed by atoms with Crippen molar-refractivity contribution >= 4 is 32.5 Å². The fourth-order valence-corrected chi connectivity index (χ4v) is 2.12. The minimum Gasteiger partial charge on any atom is -0.487 e. The second-order valence-electron chi connectivity index (χ2n) is 3.51. The maximum atomic E-state index is 12.1. The third-order valence-electron chi connectivity index (χ3n) is 2.09. The summed E-state index contributed by atoms with van der Waals surface area (Å²) >= 11 is 4.01. The van der Waals surface area contributed by atoms with Crippen molar-refractivity contribution < 1.29 is 22.6 Å². The van der Waals surface area contributed by atoms with Crippen LogP contribution in [-0.4, -0.2) is 15.9 Å². The number of hydrogen-bond donors (Lipinski definition) is 1. The molecule has 5 nitrogen and oxygen atoms in total. The van der Waals surface area contributed by atoms with Gasteiger partial charge in [0.25, 0.3) is 0 Å². The van der Waals surface area contributed by atoms with Gasteiger partial charge in [-0.1, -0.05) is 4.49 Å². The summed E-state index contributed by atoms with van der Waals surface area (Å²) in [7, 11) is 0. The highest BCUT2D eigenvalue weighted by Gasteiger charge is 2.32. The molecule has 0 saturated carbocycles. The van der Waals surface area contributed by atoms with E-state index in [0.29, 0.717) is 16.4 Å². The van der Waals surface area contributed by atoms with Gasteiger partial charge < -0.3 is 15.2 Å². The van der Waals surface area contributed by atoms with E-state index in [1.54, 1.807) is 0 Å². The molecule has 0 aliphatic rings. The van der Waals surface area contributed by atoms with Crippen molar-refractivity contribution in [3.63, 3.8) is 0 Å². The third kappa shape index (κ3) is 3.97. The fourth-order valence-electron chi connectivity index (χ4n) is 1.25. The molecule has 0 bridgehead atoms. The van der Waals surface area contributed by atoms with Crippen molar-refractivity contribution in [2.45, 2.75) is 13.0 Å². The largest absolute Gasteiger partial charge is 0.573 e. The summed E-state index contributed by atoms with van der Waals surface area (Å²) in [5.41, 5.74) is 6.06. The molecule has 1 heterocycles. The van der Waals surface area contributed by atoms with E-state index in [0.717, 1.165) is 17.6 Å². The highest BCUT2D eigenvalue weighted by atomic mass is 79.9. The van der Waals surface area contributed by atoms with Crippen LogP contribution in [0.2, 0.25) is 0 Å². The van der Waals surface area contributed by atoms with Crippen LogP contribution in [0.25, 0.3) is 0 Å². The molecule has 108 valence electrons. The molecule has 0 fully saturated rings. The lowest BCUT2D eigenvalue weighted by atomic mass is 10.3. The smallest absolute Gasteiger partial charge is 0.487 e. The molecular weight excluding hydrogens is 363 g/mol. The SMILES string of the molecule is Nc1snnc1COc1ccc(OC(F)(F)F)c(Br)c1. The van der Waals surface area contributed by atoms with Gasteiger partial charge in [0.1, 0.15) is 28.8 Å². The first-order chi connectivity index (χ1) is 9.35. The Kier molecular flexibility index (Phi) is 4.33. The Morgan fingerprint density at radius 1 is 1.35 bits per heavy atom. The zero-order valence-electron chi connectivity index (χ0n) is 9.65. The Morgan fingerprint density at radius 3 is 2.65 bits per heavy atom. The number of nitrogens with zero attached hydrogens (tertiary/aromatic N) is 2. The minimum absolute atomic E-state index is 0.0776. The van der Waals surface area contributed by atoms with Crippen molar-refractivity contribution in [3.8, 4) is 11.5 Å². The van der Waals surface area contributed by atoms with Gasteiger partial charge in [0.05, 0.1) is 4.47 Å². The Balaban J connectivity index is 2.04. The molecule has 2 aromatic rings. The molecular formula is C10H7BrF3N3O2S. The number of aromatic nitrogens is 2. The molecule has 0 aliphatic heterocycles. The Bertz CT molecular complexity index is 606. The predicted molar refractivity (Wildman–Crippen MR) is 69.5 cm³/mol. The maximum Gasteiger partial charge on any atom is 0.573 e.